The van der Waals surface area contributed by atoms with Crippen molar-refractivity contribution in [3.63, 3.8) is 0 Å². The van der Waals surface area contributed by atoms with Gasteiger partial charge in [0, 0.05) is 5.39 Å². The van der Waals surface area contributed by atoms with Crippen molar-refractivity contribution in [2.24, 2.45) is 5.90 Å². The number of H-pyrrole nitrogens is 1. The van der Waals surface area contributed by atoms with Gasteiger partial charge in [-0.3, -0.25) is 9.94 Å². The highest BCUT2D eigenvalue weighted by atomic mass is 35.5. The van der Waals surface area contributed by atoms with Crippen LogP contribution in [0.25, 0.3) is 10.9 Å². The first kappa shape index (κ1) is 8.50. The number of fused-ring (bicyclic) bond motifs is 1. The molecule has 2 aromatic rings. The fourth-order valence-electron chi connectivity index (χ4n) is 1.31. The summed E-state index contributed by atoms with van der Waals surface area (Å²) in [7, 11) is 0. The highest BCUT2D eigenvalue weighted by Gasteiger charge is 2.07. The van der Waals surface area contributed by atoms with Crippen LogP contribution in [-0.2, 0) is 11.4 Å². The van der Waals surface area contributed by atoms with Crippen molar-refractivity contribution in [2.45, 2.75) is 6.61 Å². The third kappa shape index (κ3) is 1.39. The van der Waals surface area contributed by atoms with Gasteiger partial charge >= 0.3 is 0 Å². The minimum absolute atomic E-state index is 0.330. The van der Waals surface area contributed by atoms with Crippen LogP contribution in [0.5, 0.6) is 0 Å². The second kappa shape index (κ2) is 3.33. The SMILES string of the molecule is NOCc1cccc2n[nH]c(Cl)c12. The number of nitrogens with one attached hydrogen (secondary N) is 1. The van der Waals surface area contributed by atoms with Crippen LogP contribution in [0, 0.1) is 0 Å². The summed E-state index contributed by atoms with van der Waals surface area (Å²) in [6.07, 6.45) is 0. The van der Waals surface area contributed by atoms with Gasteiger partial charge in [0.1, 0.15) is 5.15 Å². The average Bonchev–Trinajstić information content (AvgIpc) is 2.50. The highest BCUT2D eigenvalue weighted by molar-refractivity contribution is 6.34. The van der Waals surface area contributed by atoms with Gasteiger partial charge in [-0.1, -0.05) is 23.7 Å². The van der Waals surface area contributed by atoms with E-state index in [-0.39, 0.29) is 0 Å². The molecule has 0 saturated carbocycles. The predicted molar refractivity (Wildman–Crippen MR) is 50.1 cm³/mol. The molecule has 0 aliphatic carbocycles. The van der Waals surface area contributed by atoms with Gasteiger partial charge in [-0.15, -0.1) is 0 Å². The Kier molecular flexibility index (Phi) is 2.18. The van der Waals surface area contributed by atoms with Gasteiger partial charge < -0.3 is 0 Å². The van der Waals surface area contributed by atoms with Crippen molar-refractivity contribution < 1.29 is 4.84 Å². The molecule has 0 fully saturated rings. The quantitative estimate of drug-likeness (QED) is 0.719. The van der Waals surface area contributed by atoms with Gasteiger partial charge in [-0.05, 0) is 11.6 Å². The Balaban J connectivity index is 2.65. The van der Waals surface area contributed by atoms with Crippen LogP contribution in [0.15, 0.2) is 18.2 Å². The summed E-state index contributed by atoms with van der Waals surface area (Å²) in [4.78, 5) is 4.56. The van der Waals surface area contributed by atoms with E-state index in [1.165, 1.54) is 0 Å². The average molecular weight is 198 g/mol. The molecule has 68 valence electrons. The topological polar surface area (TPSA) is 63.9 Å². The van der Waals surface area contributed by atoms with Crippen molar-refractivity contribution in [1.29, 1.82) is 0 Å². The zero-order valence-electron chi connectivity index (χ0n) is 6.75. The Morgan fingerprint density at radius 3 is 3.15 bits per heavy atom. The lowest BCUT2D eigenvalue weighted by molar-refractivity contribution is 0.125. The number of aromatic nitrogens is 2. The lowest BCUT2D eigenvalue weighted by atomic mass is 10.1. The van der Waals surface area contributed by atoms with E-state index in [0.29, 0.717) is 11.8 Å². The summed E-state index contributed by atoms with van der Waals surface area (Å²) in [5.41, 5.74) is 1.75. The van der Waals surface area contributed by atoms with Gasteiger partial charge in [0.05, 0.1) is 12.1 Å². The number of rotatable bonds is 2. The van der Waals surface area contributed by atoms with Gasteiger partial charge in [0.25, 0.3) is 0 Å². The van der Waals surface area contributed by atoms with Crippen LogP contribution in [0.4, 0.5) is 0 Å². The molecule has 0 spiro atoms. The molecule has 2 rings (SSSR count). The van der Waals surface area contributed by atoms with Gasteiger partial charge in [0.2, 0.25) is 0 Å². The Morgan fingerprint density at radius 1 is 1.54 bits per heavy atom. The van der Waals surface area contributed by atoms with E-state index in [2.05, 4.69) is 15.0 Å². The molecular formula is C8H8ClN3O. The van der Waals surface area contributed by atoms with Gasteiger partial charge in [-0.2, -0.15) is 5.10 Å². The lowest BCUT2D eigenvalue weighted by Crippen LogP contribution is -1.98. The molecule has 0 saturated heterocycles. The van der Waals surface area contributed by atoms with Crippen LogP contribution in [0.2, 0.25) is 5.15 Å². The summed E-state index contributed by atoms with van der Waals surface area (Å²) in [6.45, 7) is 0.330. The normalized spacial score (nSPS) is 10.9. The molecule has 4 nitrogen and oxygen atoms in total. The minimum atomic E-state index is 0.330. The standard InChI is InChI=1S/C8H8ClN3O/c9-8-7-5(4-13-10)2-1-3-6(7)11-12-8/h1-3H,4,10H2,(H,11,12). The molecule has 1 heterocycles. The second-order valence-corrected chi connectivity index (χ2v) is 3.04. The van der Waals surface area contributed by atoms with Gasteiger partial charge in [-0.25, -0.2) is 5.90 Å². The molecule has 0 aliphatic rings. The molecule has 3 N–H and O–H groups in total. The predicted octanol–water partition coefficient (Wildman–Crippen LogP) is 1.61. The van der Waals surface area contributed by atoms with Crippen molar-refractivity contribution >= 4 is 22.5 Å². The Labute approximate surface area is 79.6 Å². The van der Waals surface area contributed by atoms with Crippen molar-refractivity contribution in [3.05, 3.63) is 28.9 Å². The number of benzene rings is 1. The smallest absolute Gasteiger partial charge is 0.132 e. The van der Waals surface area contributed by atoms with Crippen molar-refractivity contribution in [2.75, 3.05) is 0 Å². The Bertz CT molecular complexity index is 426. The lowest BCUT2D eigenvalue weighted by Gasteiger charge is -1.99. The summed E-state index contributed by atoms with van der Waals surface area (Å²) in [5, 5.41) is 8.09. The summed E-state index contributed by atoms with van der Waals surface area (Å²) >= 11 is 5.90. The fourth-order valence-corrected chi connectivity index (χ4v) is 1.57. The Morgan fingerprint density at radius 2 is 2.38 bits per heavy atom. The van der Waals surface area contributed by atoms with Crippen LogP contribution in [0.3, 0.4) is 0 Å². The van der Waals surface area contributed by atoms with Crippen LogP contribution in [-0.4, -0.2) is 10.2 Å². The van der Waals surface area contributed by atoms with E-state index in [0.717, 1.165) is 16.5 Å². The third-order valence-electron chi connectivity index (χ3n) is 1.86. The first-order valence-corrected chi connectivity index (χ1v) is 4.14. The molecule has 13 heavy (non-hydrogen) atoms. The van der Waals surface area contributed by atoms with Crippen molar-refractivity contribution in [3.8, 4) is 0 Å². The van der Waals surface area contributed by atoms with Crippen LogP contribution < -0.4 is 5.90 Å². The molecule has 1 aromatic heterocycles. The molecule has 0 unspecified atom stereocenters. The minimum Gasteiger partial charge on any atom is -0.300 e. The van der Waals surface area contributed by atoms with Crippen LogP contribution >= 0.6 is 11.6 Å². The Hall–Kier alpha value is -1.10. The maximum atomic E-state index is 5.90. The zero-order chi connectivity index (χ0) is 9.26. The summed E-state index contributed by atoms with van der Waals surface area (Å²) in [5.74, 6) is 5.00. The maximum absolute atomic E-state index is 5.90. The molecule has 1 aromatic carbocycles. The van der Waals surface area contributed by atoms with Crippen LogP contribution in [0.1, 0.15) is 5.56 Å². The fraction of sp³-hybridized carbons (Fsp3) is 0.125. The molecule has 5 heteroatoms. The molecular weight excluding hydrogens is 190 g/mol. The second-order valence-electron chi connectivity index (χ2n) is 2.66. The number of hydrogen-bond donors (Lipinski definition) is 2. The van der Waals surface area contributed by atoms with E-state index in [9.17, 15) is 0 Å². The van der Waals surface area contributed by atoms with E-state index >= 15 is 0 Å². The summed E-state index contributed by atoms with van der Waals surface area (Å²) < 4.78 is 0. The summed E-state index contributed by atoms with van der Waals surface area (Å²) in [6, 6.07) is 5.65. The van der Waals surface area contributed by atoms with Crippen molar-refractivity contribution in [1.82, 2.24) is 10.2 Å². The molecule has 0 bridgehead atoms. The van der Waals surface area contributed by atoms with Gasteiger partial charge in [0.15, 0.2) is 0 Å². The van der Waals surface area contributed by atoms with E-state index in [1.807, 2.05) is 18.2 Å². The first-order chi connectivity index (χ1) is 6.33. The molecule has 0 atom stereocenters. The number of nitrogens with zero attached hydrogens (tertiary/aromatic N) is 1. The maximum Gasteiger partial charge on any atom is 0.132 e. The number of nitrogens with two attached hydrogens (primary N) is 1. The van der Waals surface area contributed by atoms with E-state index in [1.54, 1.807) is 0 Å². The third-order valence-corrected chi connectivity index (χ3v) is 2.14. The molecule has 0 amide bonds. The van der Waals surface area contributed by atoms with E-state index < -0.39 is 0 Å². The molecule has 0 aliphatic heterocycles. The number of aromatic amines is 1. The number of halogens is 1. The number of hydrogen-bond acceptors (Lipinski definition) is 3. The highest BCUT2D eigenvalue weighted by Crippen LogP contribution is 2.24. The zero-order valence-corrected chi connectivity index (χ0v) is 7.51. The first-order valence-electron chi connectivity index (χ1n) is 3.76. The molecule has 0 radical (unpaired) electrons. The monoisotopic (exact) mass is 197 g/mol. The largest absolute Gasteiger partial charge is 0.300 e. The van der Waals surface area contributed by atoms with E-state index in [4.69, 9.17) is 17.5 Å².